The fourth-order valence-electron chi connectivity index (χ4n) is 4.66. The summed E-state index contributed by atoms with van der Waals surface area (Å²) in [5.74, 6) is 0. The first-order valence-corrected chi connectivity index (χ1v) is 12.3. The monoisotopic (exact) mass is 433 g/mol. The van der Waals surface area contributed by atoms with Crippen LogP contribution < -0.4 is 4.72 Å². The number of nitrogens with zero attached hydrogens (tertiary/aromatic N) is 2. The van der Waals surface area contributed by atoms with Gasteiger partial charge in [0.1, 0.15) is 0 Å². The number of benzene rings is 3. The molecule has 0 atom stereocenters. The number of aryl methyl sites for hydroxylation is 1. The van der Waals surface area contributed by atoms with Crippen LogP contribution in [0.25, 0.3) is 21.7 Å². The molecule has 6 heteroatoms. The molecule has 0 spiro atoms. The van der Waals surface area contributed by atoms with Gasteiger partial charge in [0.25, 0.3) is 10.0 Å². The first-order valence-electron chi connectivity index (χ1n) is 10.8. The Morgan fingerprint density at radius 2 is 1.71 bits per heavy atom. The molecule has 4 aromatic rings. The first kappa shape index (κ1) is 20.1. The van der Waals surface area contributed by atoms with Gasteiger partial charge in [0.2, 0.25) is 0 Å². The molecule has 0 saturated carbocycles. The Labute approximate surface area is 183 Å². The fraction of sp³-hybridized carbons (Fsp3) is 0.280. The Kier molecular flexibility index (Phi) is 5.20. The van der Waals surface area contributed by atoms with Gasteiger partial charge in [-0.25, -0.2) is 8.42 Å². The Morgan fingerprint density at radius 3 is 2.55 bits per heavy atom. The number of fused-ring (bicyclic) bond motifs is 2. The summed E-state index contributed by atoms with van der Waals surface area (Å²) in [4.78, 5) is 2.80. The summed E-state index contributed by atoms with van der Waals surface area (Å²) in [7, 11) is -1.66. The number of sulfonamides is 1. The molecule has 1 N–H and O–H groups in total. The van der Waals surface area contributed by atoms with E-state index in [1.165, 1.54) is 31.5 Å². The van der Waals surface area contributed by atoms with E-state index in [0.717, 1.165) is 34.6 Å². The maximum absolute atomic E-state index is 13.2. The number of nitrogens with one attached hydrogen (secondary N) is 1. The molecule has 0 bridgehead atoms. The summed E-state index contributed by atoms with van der Waals surface area (Å²) < 4.78 is 31.4. The molecule has 0 amide bonds. The van der Waals surface area contributed by atoms with Gasteiger partial charge in [-0.05, 0) is 67.6 Å². The van der Waals surface area contributed by atoms with Gasteiger partial charge in [-0.1, -0.05) is 36.4 Å². The lowest BCUT2D eigenvalue weighted by atomic mass is 10.1. The van der Waals surface area contributed by atoms with E-state index in [1.54, 1.807) is 12.1 Å². The van der Waals surface area contributed by atoms with Crippen molar-refractivity contribution in [2.24, 2.45) is 7.05 Å². The van der Waals surface area contributed by atoms with Crippen LogP contribution in [0.5, 0.6) is 0 Å². The zero-order chi connectivity index (χ0) is 21.4. The van der Waals surface area contributed by atoms with Crippen LogP contribution in [0.3, 0.4) is 0 Å². The Bertz CT molecular complexity index is 1350. The average molecular weight is 434 g/mol. The fourth-order valence-corrected chi connectivity index (χ4v) is 5.94. The van der Waals surface area contributed by atoms with Gasteiger partial charge in [-0.3, -0.25) is 4.72 Å². The van der Waals surface area contributed by atoms with Crippen molar-refractivity contribution in [1.29, 1.82) is 0 Å². The van der Waals surface area contributed by atoms with E-state index in [-0.39, 0.29) is 0 Å². The van der Waals surface area contributed by atoms with Gasteiger partial charge >= 0.3 is 0 Å². The van der Waals surface area contributed by atoms with E-state index >= 15 is 0 Å². The predicted molar refractivity (Wildman–Crippen MR) is 127 cm³/mol. The van der Waals surface area contributed by atoms with Crippen molar-refractivity contribution in [3.63, 3.8) is 0 Å². The predicted octanol–water partition coefficient (Wildman–Crippen LogP) is 4.77. The molecular formula is C25H27N3O2S. The number of anilines is 1. The lowest BCUT2D eigenvalue weighted by Gasteiger charge is -2.14. The van der Waals surface area contributed by atoms with Crippen molar-refractivity contribution in [2.45, 2.75) is 24.2 Å². The van der Waals surface area contributed by atoms with Gasteiger partial charge in [-0.2, -0.15) is 0 Å². The highest BCUT2D eigenvalue weighted by molar-refractivity contribution is 7.93. The highest BCUT2D eigenvalue weighted by Crippen LogP contribution is 2.28. The standard InChI is InChI=1S/C25H27N3O2S/c1-27-18-20(13-16-28-14-4-5-15-28)23-17-21(11-12-24(23)27)26-31(29,30)25-10-6-8-19-7-2-3-9-22(19)25/h2-3,6-12,17-18,26H,4-5,13-16H2,1H3. The second-order valence-electron chi connectivity index (χ2n) is 8.38. The molecule has 3 aromatic carbocycles. The van der Waals surface area contributed by atoms with E-state index < -0.39 is 10.0 Å². The molecule has 0 radical (unpaired) electrons. The molecule has 31 heavy (non-hydrogen) atoms. The second kappa shape index (κ2) is 8.02. The summed E-state index contributed by atoms with van der Waals surface area (Å²) in [6.07, 6.45) is 5.71. The molecule has 1 saturated heterocycles. The van der Waals surface area contributed by atoms with Crippen molar-refractivity contribution in [3.05, 3.63) is 72.4 Å². The topological polar surface area (TPSA) is 54.3 Å². The summed E-state index contributed by atoms with van der Waals surface area (Å²) in [5, 5.41) is 2.75. The average Bonchev–Trinajstić information content (AvgIpc) is 3.39. The number of hydrogen-bond donors (Lipinski definition) is 1. The lowest BCUT2D eigenvalue weighted by Crippen LogP contribution is -2.21. The molecule has 5 nitrogen and oxygen atoms in total. The minimum Gasteiger partial charge on any atom is -0.350 e. The van der Waals surface area contributed by atoms with Crippen molar-refractivity contribution < 1.29 is 8.42 Å². The third-order valence-electron chi connectivity index (χ3n) is 6.26. The SMILES string of the molecule is Cn1cc(CCN2CCCC2)c2cc(NS(=O)(=O)c3cccc4ccccc34)ccc21. The summed E-state index contributed by atoms with van der Waals surface area (Å²) >= 11 is 0. The van der Waals surface area contributed by atoms with Gasteiger partial charge < -0.3 is 9.47 Å². The molecule has 5 rings (SSSR count). The van der Waals surface area contributed by atoms with Gasteiger partial charge in [-0.15, -0.1) is 0 Å². The third-order valence-corrected chi connectivity index (χ3v) is 7.70. The van der Waals surface area contributed by atoms with Crippen molar-refractivity contribution in [2.75, 3.05) is 24.4 Å². The van der Waals surface area contributed by atoms with E-state index in [2.05, 4.69) is 20.4 Å². The maximum atomic E-state index is 13.2. The number of rotatable bonds is 6. The van der Waals surface area contributed by atoms with E-state index in [9.17, 15) is 8.42 Å². The molecule has 160 valence electrons. The van der Waals surface area contributed by atoms with Crippen LogP contribution in [0, 0.1) is 0 Å². The van der Waals surface area contributed by atoms with Crippen LogP contribution in [-0.4, -0.2) is 37.5 Å². The van der Waals surface area contributed by atoms with Crippen LogP contribution >= 0.6 is 0 Å². The van der Waals surface area contributed by atoms with Crippen LogP contribution in [0.1, 0.15) is 18.4 Å². The Hall–Kier alpha value is -2.83. The van der Waals surface area contributed by atoms with Crippen LogP contribution in [-0.2, 0) is 23.5 Å². The van der Waals surface area contributed by atoms with Gasteiger partial charge in [0.15, 0.2) is 0 Å². The first-order chi connectivity index (χ1) is 15.0. The summed E-state index contributed by atoms with van der Waals surface area (Å²) in [5.41, 5.74) is 2.97. The van der Waals surface area contributed by atoms with E-state index in [0.29, 0.717) is 10.6 Å². The van der Waals surface area contributed by atoms with Crippen molar-refractivity contribution >= 4 is 37.4 Å². The number of likely N-dealkylation sites (tertiary alicyclic amines) is 1. The minimum atomic E-state index is -3.71. The normalized spacial score (nSPS) is 15.1. The Morgan fingerprint density at radius 1 is 0.935 bits per heavy atom. The second-order valence-corrected chi connectivity index (χ2v) is 10.0. The zero-order valence-electron chi connectivity index (χ0n) is 17.7. The highest BCUT2D eigenvalue weighted by atomic mass is 32.2. The molecule has 1 fully saturated rings. The molecular weight excluding hydrogens is 406 g/mol. The maximum Gasteiger partial charge on any atom is 0.262 e. The summed E-state index contributed by atoms with van der Waals surface area (Å²) in [6.45, 7) is 3.41. The lowest BCUT2D eigenvalue weighted by molar-refractivity contribution is 0.344. The van der Waals surface area contributed by atoms with E-state index in [1.807, 2.05) is 55.6 Å². The number of aromatic nitrogens is 1. The van der Waals surface area contributed by atoms with Crippen molar-refractivity contribution in [1.82, 2.24) is 9.47 Å². The number of hydrogen-bond acceptors (Lipinski definition) is 3. The smallest absolute Gasteiger partial charge is 0.262 e. The molecule has 1 aliphatic rings. The van der Waals surface area contributed by atoms with Crippen LogP contribution in [0.4, 0.5) is 5.69 Å². The van der Waals surface area contributed by atoms with E-state index in [4.69, 9.17) is 0 Å². The quantitative estimate of drug-likeness (QED) is 0.477. The molecule has 2 heterocycles. The molecule has 1 aliphatic heterocycles. The van der Waals surface area contributed by atoms with Crippen LogP contribution in [0.2, 0.25) is 0 Å². The zero-order valence-corrected chi connectivity index (χ0v) is 18.5. The highest BCUT2D eigenvalue weighted by Gasteiger charge is 2.18. The summed E-state index contributed by atoms with van der Waals surface area (Å²) in [6, 6.07) is 18.7. The van der Waals surface area contributed by atoms with Gasteiger partial charge in [0.05, 0.1) is 4.90 Å². The minimum absolute atomic E-state index is 0.299. The molecule has 0 unspecified atom stereocenters. The van der Waals surface area contributed by atoms with Crippen LogP contribution in [0.15, 0.2) is 71.8 Å². The van der Waals surface area contributed by atoms with Crippen molar-refractivity contribution in [3.8, 4) is 0 Å². The third kappa shape index (κ3) is 3.93. The Balaban J connectivity index is 1.46. The largest absolute Gasteiger partial charge is 0.350 e. The molecule has 1 aromatic heterocycles. The van der Waals surface area contributed by atoms with Gasteiger partial charge in [0, 0.05) is 41.8 Å². The molecule has 0 aliphatic carbocycles.